The van der Waals surface area contributed by atoms with Crippen molar-refractivity contribution >= 4 is 52.3 Å². The van der Waals surface area contributed by atoms with Crippen molar-refractivity contribution < 1.29 is 19.2 Å². The van der Waals surface area contributed by atoms with Gasteiger partial charge in [0.25, 0.3) is 17.5 Å². The molecule has 9 nitrogen and oxygen atoms in total. The second-order valence-electron chi connectivity index (χ2n) is 8.56. The maximum Gasteiger partial charge on any atom is 0.270 e. The molecule has 3 aromatic carbocycles. The first kappa shape index (κ1) is 24.1. The summed E-state index contributed by atoms with van der Waals surface area (Å²) in [6, 6.07) is 20.5. The van der Waals surface area contributed by atoms with Crippen molar-refractivity contribution in [2.75, 3.05) is 22.9 Å². The van der Waals surface area contributed by atoms with E-state index >= 15 is 0 Å². The molecule has 2 heterocycles. The SMILES string of the molecule is O=C1NC(=S)N(c2ccc(Oc3ccccc3)cc2)C(=O)C1=Cc1cc([N+](=O)[O-])ccc1N1CCCC1. The topological polar surface area (TPSA) is 105 Å². The maximum atomic E-state index is 13.5. The molecule has 2 amide bonds. The zero-order chi connectivity index (χ0) is 25.9. The quantitative estimate of drug-likeness (QED) is 0.165. The second kappa shape index (κ2) is 10.2. The van der Waals surface area contributed by atoms with E-state index in [0.717, 1.165) is 31.6 Å². The minimum Gasteiger partial charge on any atom is -0.457 e. The van der Waals surface area contributed by atoms with Crippen molar-refractivity contribution in [3.8, 4) is 11.5 Å². The average molecular weight is 515 g/mol. The Kier molecular flexibility index (Phi) is 6.65. The lowest BCUT2D eigenvalue weighted by atomic mass is 10.0. The number of para-hydroxylation sites is 1. The smallest absolute Gasteiger partial charge is 0.270 e. The number of hydrogen-bond acceptors (Lipinski definition) is 7. The number of nitro groups is 1. The number of anilines is 2. The van der Waals surface area contributed by atoms with Crippen LogP contribution in [0.15, 0.2) is 78.4 Å². The Labute approximate surface area is 218 Å². The summed E-state index contributed by atoms with van der Waals surface area (Å²) in [4.78, 5) is 40.6. The summed E-state index contributed by atoms with van der Waals surface area (Å²) in [5, 5.41) is 13.9. The highest BCUT2D eigenvalue weighted by Crippen LogP contribution is 2.32. The molecule has 0 spiro atoms. The summed E-state index contributed by atoms with van der Waals surface area (Å²) in [5.74, 6) is -0.0430. The molecular formula is C27H22N4O5S. The standard InChI is InChI=1S/C27H22N4O5S/c32-25-23(17-18-16-20(31(34)35)10-13-24(18)29-14-4-5-15-29)26(33)30(27(37)28-25)19-8-11-22(12-9-19)36-21-6-2-1-3-7-21/h1-3,6-13,16-17H,4-5,14-15H2,(H,28,32,37). The van der Waals surface area contributed by atoms with Gasteiger partial charge in [-0.1, -0.05) is 18.2 Å². The van der Waals surface area contributed by atoms with Crippen LogP contribution in [-0.4, -0.2) is 34.9 Å². The number of amides is 2. The number of hydrogen-bond donors (Lipinski definition) is 1. The van der Waals surface area contributed by atoms with Crippen LogP contribution in [0.25, 0.3) is 6.08 Å². The average Bonchev–Trinajstić information content (AvgIpc) is 3.43. The molecule has 0 bridgehead atoms. The molecule has 2 fully saturated rings. The van der Waals surface area contributed by atoms with Gasteiger partial charge in [-0.2, -0.15) is 0 Å². The molecule has 0 unspecified atom stereocenters. The van der Waals surface area contributed by atoms with Crippen molar-refractivity contribution in [3.05, 3.63) is 94.0 Å². The van der Waals surface area contributed by atoms with Crippen LogP contribution in [0.2, 0.25) is 0 Å². The second-order valence-corrected chi connectivity index (χ2v) is 8.95. The molecule has 2 aliphatic rings. The third-order valence-electron chi connectivity index (χ3n) is 6.14. The van der Waals surface area contributed by atoms with E-state index in [-0.39, 0.29) is 16.4 Å². The van der Waals surface area contributed by atoms with Gasteiger partial charge in [0.05, 0.1) is 10.6 Å². The van der Waals surface area contributed by atoms with Gasteiger partial charge in [0.15, 0.2) is 5.11 Å². The third kappa shape index (κ3) is 5.05. The molecule has 0 atom stereocenters. The largest absolute Gasteiger partial charge is 0.457 e. The minimum atomic E-state index is -0.658. The number of carbonyl (C=O) groups excluding carboxylic acids is 2. The van der Waals surface area contributed by atoms with Crippen molar-refractivity contribution in [2.45, 2.75) is 12.8 Å². The highest BCUT2D eigenvalue weighted by atomic mass is 32.1. The Morgan fingerprint density at radius 3 is 2.30 bits per heavy atom. The molecule has 5 rings (SSSR count). The highest BCUT2D eigenvalue weighted by Gasteiger charge is 2.35. The molecule has 10 heteroatoms. The number of nitrogens with zero attached hydrogens (tertiary/aromatic N) is 3. The molecule has 0 aromatic heterocycles. The first-order valence-electron chi connectivity index (χ1n) is 11.7. The van der Waals surface area contributed by atoms with Gasteiger partial charge < -0.3 is 9.64 Å². The predicted octanol–water partition coefficient (Wildman–Crippen LogP) is 4.82. The first-order valence-corrected chi connectivity index (χ1v) is 12.1. The molecule has 0 saturated carbocycles. The lowest BCUT2D eigenvalue weighted by molar-refractivity contribution is -0.384. The Morgan fingerprint density at radius 1 is 0.946 bits per heavy atom. The Balaban J connectivity index is 1.47. The van der Waals surface area contributed by atoms with E-state index in [4.69, 9.17) is 17.0 Å². The summed E-state index contributed by atoms with van der Waals surface area (Å²) in [6.07, 6.45) is 3.40. The molecule has 1 N–H and O–H groups in total. The van der Waals surface area contributed by atoms with Gasteiger partial charge in [-0.15, -0.1) is 0 Å². The highest BCUT2D eigenvalue weighted by molar-refractivity contribution is 7.80. The van der Waals surface area contributed by atoms with E-state index in [1.54, 1.807) is 30.3 Å². The van der Waals surface area contributed by atoms with Crippen LogP contribution in [0, 0.1) is 10.1 Å². The van der Waals surface area contributed by atoms with E-state index in [2.05, 4.69) is 10.2 Å². The molecule has 3 aromatic rings. The fourth-order valence-electron chi connectivity index (χ4n) is 4.35. The summed E-state index contributed by atoms with van der Waals surface area (Å²) in [6.45, 7) is 1.59. The Bertz CT molecular complexity index is 1420. The fraction of sp³-hybridized carbons (Fsp3) is 0.148. The van der Waals surface area contributed by atoms with Gasteiger partial charge >= 0.3 is 0 Å². The summed E-state index contributed by atoms with van der Waals surface area (Å²) >= 11 is 5.30. The van der Waals surface area contributed by atoms with Crippen LogP contribution >= 0.6 is 12.2 Å². The van der Waals surface area contributed by atoms with Crippen molar-refractivity contribution in [2.24, 2.45) is 0 Å². The minimum absolute atomic E-state index is 0.0531. The Morgan fingerprint density at radius 2 is 1.62 bits per heavy atom. The molecule has 0 aliphatic carbocycles. The van der Waals surface area contributed by atoms with Gasteiger partial charge in [0, 0.05) is 36.5 Å². The molecule has 186 valence electrons. The lowest BCUT2D eigenvalue weighted by Crippen LogP contribution is -2.54. The van der Waals surface area contributed by atoms with Crippen LogP contribution in [0.4, 0.5) is 17.1 Å². The molecule has 2 aliphatic heterocycles. The molecular weight excluding hydrogens is 492 g/mol. The normalized spacial score (nSPS) is 16.8. The maximum absolute atomic E-state index is 13.5. The van der Waals surface area contributed by atoms with E-state index in [9.17, 15) is 19.7 Å². The van der Waals surface area contributed by atoms with E-state index in [0.29, 0.717) is 22.7 Å². The van der Waals surface area contributed by atoms with E-state index < -0.39 is 16.7 Å². The summed E-state index contributed by atoms with van der Waals surface area (Å²) < 4.78 is 5.81. The van der Waals surface area contributed by atoms with Crippen molar-refractivity contribution in [3.63, 3.8) is 0 Å². The van der Waals surface area contributed by atoms with Crippen molar-refractivity contribution in [1.82, 2.24) is 5.32 Å². The van der Waals surface area contributed by atoms with Crippen molar-refractivity contribution in [1.29, 1.82) is 0 Å². The number of rotatable bonds is 6. The molecule has 0 radical (unpaired) electrons. The van der Waals surface area contributed by atoms with Gasteiger partial charge in [0.2, 0.25) is 0 Å². The predicted molar refractivity (Wildman–Crippen MR) is 144 cm³/mol. The van der Waals surface area contributed by atoms with Crippen LogP contribution in [0.1, 0.15) is 18.4 Å². The third-order valence-corrected chi connectivity index (χ3v) is 6.43. The zero-order valence-corrected chi connectivity index (χ0v) is 20.4. The fourth-order valence-corrected chi connectivity index (χ4v) is 4.63. The van der Waals surface area contributed by atoms with Crippen LogP contribution in [0.5, 0.6) is 11.5 Å². The van der Waals surface area contributed by atoms with Gasteiger partial charge in [-0.3, -0.25) is 29.9 Å². The zero-order valence-electron chi connectivity index (χ0n) is 19.6. The number of thiocarbonyl (C=S) groups is 1. The van der Waals surface area contributed by atoms with Crippen LogP contribution in [0.3, 0.4) is 0 Å². The number of carbonyl (C=O) groups is 2. The number of non-ortho nitro benzene ring substituents is 1. The van der Waals surface area contributed by atoms with Gasteiger partial charge in [0.1, 0.15) is 17.1 Å². The summed E-state index contributed by atoms with van der Waals surface area (Å²) in [5.41, 5.74) is 1.31. The monoisotopic (exact) mass is 514 g/mol. The summed E-state index contributed by atoms with van der Waals surface area (Å²) in [7, 11) is 0. The lowest BCUT2D eigenvalue weighted by Gasteiger charge is -2.29. The number of benzene rings is 3. The Hall–Kier alpha value is -4.57. The molecule has 2 saturated heterocycles. The number of nitrogens with one attached hydrogen (secondary N) is 1. The number of nitro benzene ring substituents is 1. The van der Waals surface area contributed by atoms with E-state index in [1.807, 2.05) is 30.3 Å². The van der Waals surface area contributed by atoms with Gasteiger partial charge in [-0.25, -0.2) is 0 Å². The van der Waals surface area contributed by atoms with Crippen LogP contribution in [-0.2, 0) is 9.59 Å². The van der Waals surface area contributed by atoms with Gasteiger partial charge in [-0.05, 0) is 73.6 Å². The van der Waals surface area contributed by atoms with Crippen LogP contribution < -0.4 is 19.9 Å². The first-order chi connectivity index (χ1) is 17.9. The van der Waals surface area contributed by atoms with E-state index in [1.165, 1.54) is 23.1 Å². The number of ether oxygens (including phenoxy) is 1. The molecule has 37 heavy (non-hydrogen) atoms.